The van der Waals surface area contributed by atoms with Crippen LogP contribution in [-0.4, -0.2) is 36.7 Å². The summed E-state index contributed by atoms with van der Waals surface area (Å²) in [5.41, 5.74) is 1.74. The molecular formula is C19H29NO4. The van der Waals surface area contributed by atoms with E-state index in [1.165, 1.54) is 7.11 Å². The third-order valence-corrected chi connectivity index (χ3v) is 3.85. The molecule has 5 nitrogen and oxygen atoms in total. The van der Waals surface area contributed by atoms with Crippen molar-refractivity contribution in [2.45, 2.75) is 59.1 Å². The van der Waals surface area contributed by atoms with Crippen LogP contribution in [0.4, 0.5) is 4.79 Å². The Kier molecular flexibility index (Phi) is 6.81. The molecular weight excluding hydrogens is 306 g/mol. The van der Waals surface area contributed by atoms with Gasteiger partial charge in [0.15, 0.2) is 0 Å². The molecule has 1 amide bonds. The monoisotopic (exact) mass is 335 g/mol. The highest BCUT2D eigenvalue weighted by atomic mass is 16.6. The number of esters is 1. The molecule has 1 aromatic carbocycles. The Morgan fingerprint density at radius 1 is 1.25 bits per heavy atom. The number of rotatable bonds is 5. The van der Waals surface area contributed by atoms with Crippen LogP contribution in [0.3, 0.4) is 0 Å². The molecule has 0 aliphatic heterocycles. The maximum Gasteiger partial charge on any atom is 0.410 e. The normalized spacial score (nSPS) is 12.5. The summed E-state index contributed by atoms with van der Waals surface area (Å²) in [5, 5.41) is 0. The zero-order valence-corrected chi connectivity index (χ0v) is 15.8. The van der Waals surface area contributed by atoms with Gasteiger partial charge in [-0.1, -0.05) is 25.5 Å². The highest BCUT2D eigenvalue weighted by Crippen LogP contribution is 2.30. The Morgan fingerprint density at radius 3 is 2.38 bits per heavy atom. The first-order chi connectivity index (χ1) is 11.1. The lowest BCUT2D eigenvalue weighted by Gasteiger charge is -2.32. The third kappa shape index (κ3) is 4.98. The Balaban J connectivity index is 3.21. The van der Waals surface area contributed by atoms with Gasteiger partial charge in [0.1, 0.15) is 5.60 Å². The smallest absolute Gasteiger partial charge is 0.410 e. The van der Waals surface area contributed by atoms with Gasteiger partial charge in [-0.3, -0.25) is 0 Å². The van der Waals surface area contributed by atoms with Crippen molar-refractivity contribution in [3.8, 4) is 0 Å². The molecule has 0 N–H and O–H groups in total. The van der Waals surface area contributed by atoms with Gasteiger partial charge in [-0.15, -0.1) is 0 Å². The lowest BCUT2D eigenvalue weighted by Crippen LogP contribution is -2.37. The molecule has 0 aliphatic rings. The van der Waals surface area contributed by atoms with E-state index in [0.29, 0.717) is 5.56 Å². The van der Waals surface area contributed by atoms with Gasteiger partial charge in [-0.05, 0) is 51.3 Å². The summed E-state index contributed by atoms with van der Waals surface area (Å²) in [6, 6.07) is 5.35. The second kappa shape index (κ2) is 8.18. The molecule has 24 heavy (non-hydrogen) atoms. The lowest BCUT2D eigenvalue weighted by molar-refractivity contribution is 0.0211. The standard InChI is InChI=1S/C19H29NO4/c1-8-10-16(20(6)18(22)24-19(3,4)5)14-11-9-12-15(13(14)2)17(21)23-7/h9,11-12,16H,8,10H2,1-7H3. The molecule has 0 spiro atoms. The third-order valence-electron chi connectivity index (χ3n) is 3.85. The fourth-order valence-electron chi connectivity index (χ4n) is 2.64. The summed E-state index contributed by atoms with van der Waals surface area (Å²) < 4.78 is 10.3. The summed E-state index contributed by atoms with van der Waals surface area (Å²) in [6.07, 6.45) is 1.31. The molecule has 134 valence electrons. The topological polar surface area (TPSA) is 55.8 Å². The minimum Gasteiger partial charge on any atom is -0.465 e. The molecule has 1 atom stereocenters. The van der Waals surface area contributed by atoms with E-state index in [-0.39, 0.29) is 18.1 Å². The predicted octanol–water partition coefficient (Wildman–Crippen LogP) is 4.49. The van der Waals surface area contributed by atoms with Gasteiger partial charge in [0.25, 0.3) is 0 Å². The van der Waals surface area contributed by atoms with Crippen molar-refractivity contribution in [2.75, 3.05) is 14.2 Å². The van der Waals surface area contributed by atoms with Crippen molar-refractivity contribution in [1.29, 1.82) is 0 Å². The fraction of sp³-hybridized carbons (Fsp3) is 0.579. The van der Waals surface area contributed by atoms with Crippen LogP contribution >= 0.6 is 0 Å². The molecule has 0 radical (unpaired) electrons. The van der Waals surface area contributed by atoms with Gasteiger partial charge in [0.2, 0.25) is 0 Å². The summed E-state index contributed by atoms with van der Waals surface area (Å²) in [5.74, 6) is -0.371. The van der Waals surface area contributed by atoms with Crippen molar-refractivity contribution in [3.05, 3.63) is 34.9 Å². The van der Waals surface area contributed by atoms with Crippen molar-refractivity contribution in [2.24, 2.45) is 0 Å². The van der Waals surface area contributed by atoms with Crippen LogP contribution in [-0.2, 0) is 9.47 Å². The SMILES string of the molecule is CCCC(c1cccc(C(=O)OC)c1C)N(C)C(=O)OC(C)(C)C. The molecule has 0 fully saturated rings. The zero-order valence-electron chi connectivity index (χ0n) is 15.8. The molecule has 1 aromatic rings. The molecule has 0 saturated heterocycles. The van der Waals surface area contributed by atoms with Crippen molar-refractivity contribution < 1.29 is 19.1 Å². The number of ether oxygens (including phenoxy) is 2. The van der Waals surface area contributed by atoms with E-state index in [0.717, 1.165) is 24.0 Å². The van der Waals surface area contributed by atoms with Crippen LogP contribution in [0.5, 0.6) is 0 Å². The van der Waals surface area contributed by atoms with Gasteiger partial charge in [-0.25, -0.2) is 9.59 Å². The Labute approximate surface area is 144 Å². The Bertz CT molecular complexity index is 590. The first-order valence-corrected chi connectivity index (χ1v) is 8.26. The van der Waals surface area contributed by atoms with Crippen LogP contribution in [0.25, 0.3) is 0 Å². The van der Waals surface area contributed by atoms with E-state index in [1.54, 1.807) is 18.0 Å². The second-order valence-electron chi connectivity index (χ2n) is 6.91. The quantitative estimate of drug-likeness (QED) is 0.744. The van der Waals surface area contributed by atoms with Gasteiger partial charge in [0, 0.05) is 7.05 Å². The summed E-state index contributed by atoms with van der Waals surface area (Å²) >= 11 is 0. The number of carbonyl (C=O) groups excluding carboxylic acids is 2. The minimum atomic E-state index is -0.551. The molecule has 0 aromatic heterocycles. The Morgan fingerprint density at radius 2 is 1.88 bits per heavy atom. The molecule has 0 bridgehead atoms. The van der Waals surface area contributed by atoms with E-state index in [9.17, 15) is 9.59 Å². The second-order valence-corrected chi connectivity index (χ2v) is 6.91. The largest absolute Gasteiger partial charge is 0.465 e. The maximum atomic E-state index is 12.4. The van der Waals surface area contributed by atoms with Gasteiger partial charge in [0.05, 0.1) is 18.7 Å². The van der Waals surface area contributed by atoms with Crippen LogP contribution in [0.15, 0.2) is 18.2 Å². The molecule has 0 heterocycles. The van der Waals surface area contributed by atoms with Crippen LogP contribution in [0.1, 0.15) is 68.1 Å². The fourth-order valence-corrected chi connectivity index (χ4v) is 2.64. The highest BCUT2D eigenvalue weighted by molar-refractivity contribution is 5.91. The van der Waals surface area contributed by atoms with Gasteiger partial charge < -0.3 is 14.4 Å². The summed E-state index contributed by atoms with van der Waals surface area (Å²) in [7, 11) is 3.10. The van der Waals surface area contributed by atoms with E-state index < -0.39 is 5.60 Å². The number of hydrogen-bond donors (Lipinski definition) is 0. The number of hydrogen-bond acceptors (Lipinski definition) is 4. The molecule has 0 aliphatic carbocycles. The number of amides is 1. The van der Waals surface area contributed by atoms with Crippen molar-refractivity contribution >= 4 is 12.1 Å². The van der Waals surface area contributed by atoms with Crippen LogP contribution < -0.4 is 0 Å². The minimum absolute atomic E-state index is 0.158. The first-order valence-electron chi connectivity index (χ1n) is 8.26. The lowest BCUT2D eigenvalue weighted by atomic mass is 9.93. The summed E-state index contributed by atoms with van der Waals surface area (Å²) in [4.78, 5) is 26.0. The van der Waals surface area contributed by atoms with Crippen molar-refractivity contribution in [3.63, 3.8) is 0 Å². The number of methoxy groups -OCH3 is 1. The van der Waals surface area contributed by atoms with E-state index >= 15 is 0 Å². The molecule has 0 saturated carbocycles. The van der Waals surface area contributed by atoms with E-state index in [2.05, 4.69) is 6.92 Å². The van der Waals surface area contributed by atoms with E-state index in [1.807, 2.05) is 39.8 Å². The average Bonchev–Trinajstić information content (AvgIpc) is 2.50. The predicted molar refractivity (Wildman–Crippen MR) is 94.2 cm³/mol. The van der Waals surface area contributed by atoms with E-state index in [4.69, 9.17) is 9.47 Å². The van der Waals surface area contributed by atoms with Crippen LogP contribution in [0, 0.1) is 6.92 Å². The number of benzene rings is 1. The van der Waals surface area contributed by atoms with Gasteiger partial charge in [-0.2, -0.15) is 0 Å². The maximum absolute atomic E-state index is 12.4. The molecule has 1 unspecified atom stereocenters. The zero-order chi connectivity index (χ0) is 18.5. The molecule has 5 heteroatoms. The van der Waals surface area contributed by atoms with Gasteiger partial charge >= 0.3 is 12.1 Å². The number of nitrogens with zero attached hydrogens (tertiary/aromatic N) is 1. The Hall–Kier alpha value is -2.04. The van der Waals surface area contributed by atoms with Crippen LogP contribution in [0.2, 0.25) is 0 Å². The number of carbonyl (C=O) groups is 2. The summed E-state index contributed by atoms with van der Waals surface area (Å²) in [6.45, 7) is 9.48. The first kappa shape index (κ1) is 20.0. The van der Waals surface area contributed by atoms with Crippen molar-refractivity contribution in [1.82, 2.24) is 4.90 Å². The average molecular weight is 335 g/mol. The molecule has 1 rings (SSSR count). The highest BCUT2D eigenvalue weighted by Gasteiger charge is 2.28.